The second-order valence-electron chi connectivity index (χ2n) is 7.56. The van der Waals surface area contributed by atoms with Gasteiger partial charge in [-0.05, 0) is 48.9 Å². The minimum absolute atomic E-state index is 0.00695. The fraction of sp³-hybridized carbons (Fsp3) is 0.350. The maximum absolute atomic E-state index is 12.3. The van der Waals surface area contributed by atoms with Crippen LogP contribution in [-0.2, 0) is 4.79 Å². The topological polar surface area (TPSA) is 68.3 Å². The predicted molar refractivity (Wildman–Crippen MR) is 102 cm³/mol. The fourth-order valence-electron chi connectivity index (χ4n) is 4.32. The van der Waals surface area contributed by atoms with Gasteiger partial charge < -0.3 is 10.1 Å². The number of ketones is 1. The summed E-state index contributed by atoms with van der Waals surface area (Å²) in [4.78, 5) is 28.6. The largest absolute Gasteiger partial charge is 0.486 e. The van der Waals surface area contributed by atoms with Gasteiger partial charge in [0.1, 0.15) is 18.1 Å². The molecule has 0 radical (unpaired) electrons. The zero-order valence-corrected chi connectivity index (χ0v) is 16.0. The lowest BCUT2D eigenvalue weighted by molar-refractivity contribution is -0.162. The molecule has 2 aromatic rings. The minimum Gasteiger partial charge on any atom is -0.486 e. The second kappa shape index (κ2) is 6.80. The quantitative estimate of drug-likeness (QED) is 0.754. The summed E-state index contributed by atoms with van der Waals surface area (Å²) in [5.41, 5.74) is 0.261. The van der Waals surface area contributed by atoms with Crippen LogP contribution in [0.1, 0.15) is 36.2 Å². The van der Waals surface area contributed by atoms with E-state index in [4.69, 9.17) is 27.9 Å². The van der Waals surface area contributed by atoms with Crippen LogP contribution in [0.3, 0.4) is 0 Å². The summed E-state index contributed by atoms with van der Waals surface area (Å²) >= 11 is 11.8. The number of rotatable bonds is 7. The lowest BCUT2D eigenvalue weighted by atomic mass is 9.38. The van der Waals surface area contributed by atoms with E-state index in [-0.39, 0.29) is 29.3 Å². The molecule has 3 aliphatic carbocycles. The average Bonchev–Trinajstić information content (AvgIpc) is 2.60. The molecule has 1 N–H and O–H groups in total. The van der Waals surface area contributed by atoms with Crippen LogP contribution < -0.4 is 10.1 Å². The number of hydrogen-bond donors (Lipinski definition) is 1. The van der Waals surface area contributed by atoms with Gasteiger partial charge in [0.05, 0.1) is 10.0 Å². The Morgan fingerprint density at radius 1 is 1.11 bits per heavy atom. The Kier molecular flexibility index (Phi) is 4.60. The van der Waals surface area contributed by atoms with Gasteiger partial charge in [-0.1, -0.05) is 29.3 Å². The van der Waals surface area contributed by atoms with Crippen molar-refractivity contribution in [3.8, 4) is 5.75 Å². The number of carbonyl (C=O) groups excluding carboxylic acids is 2. The van der Waals surface area contributed by atoms with Crippen LogP contribution in [0.2, 0.25) is 10.0 Å². The number of aromatic nitrogens is 1. The first-order valence-corrected chi connectivity index (χ1v) is 9.48. The highest BCUT2D eigenvalue weighted by molar-refractivity contribution is 6.42. The van der Waals surface area contributed by atoms with Crippen molar-refractivity contribution in [1.82, 2.24) is 10.3 Å². The van der Waals surface area contributed by atoms with Gasteiger partial charge in [0.2, 0.25) is 0 Å². The van der Waals surface area contributed by atoms with Gasteiger partial charge in [-0.25, -0.2) is 0 Å². The normalized spacial score (nSPS) is 25.1. The number of hydrogen-bond acceptors (Lipinski definition) is 4. The molecule has 0 unspecified atom stereocenters. The maximum atomic E-state index is 12.3. The Morgan fingerprint density at radius 2 is 1.89 bits per heavy atom. The molecule has 5 rings (SSSR count). The Morgan fingerprint density at radius 3 is 2.56 bits per heavy atom. The van der Waals surface area contributed by atoms with E-state index < -0.39 is 0 Å². The molecule has 3 aliphatic rings. The van der Waals surface area contributed by atoms with Gasteiger partial charge in [0, 0.05) is 24.2 Å². The van der Waals surface area contributed by atoms with Crippen LogP contribution in [0.5, 0.6) is 5.75 Å². The van der Waals surface area contributed by atoms with Crippen molar-refractivity contribution in [3.63, 3.8) is 0 Å². The van der Waals surface area contributed by atoms with Crippen LogP contribution >= 0.6 is 23.2 Å². The van der Waals surface area contributed by atoms with Gasteiger partial charge in [-0.2, -0.15) is 0 Å². The van der Waals surface area contributed by atoms with Crippen LogP contribution in [0, 0.1) is 5.41 Å². The van der Waals surface area contributed by atoms with E-state index >= 15 is 0 Å². The van der Waals surface area contributed by atoms with Gasteiger partial charge in [-0.3, -0.25) is 14.6 Å². The van der Waals surface area contributed by atoms with E-state index in [1.165, 1.54) is 0 Å². The summed E-state index contributed by atoms with van der Waals surface area (Å²) in [6.45, 7) is 0.00695. The lowest BCUT2D eigenvalue weighted by Crippen LogP contribution is -2.75. The summed E-state index contributed by atoms with van der Waals surface area (Å²) in [5.74, 6) is 0.415. The smallest absolute Gasteiger partial charge is 0.270 e. The first kappa shape index (κ1) is 18.3. The van der Waals surface area contributed by atoms with Crippen molar-refractivity contribution in [3.05, 3.63) is 58.3 Å². The van der Waals surface area contributed by atoms with Crippen LogP contribution in [0.4, 0.5) is 0 Å². The first-order chi connectivity index (χ1) is 12.9. The SMILES string of the molecule is O=C(COc1ccc(Cl)c(Cl)c1)CC12CC(NC(=O)c3ccccn3)(C1)C2. The molecule has 0 atom stereocenters. The fourth-order valence-corrected chi connectivity index (χ4v) is 4.61. The highest BCUT2D eigenvalue weighted by Gasteiger charge is 2.68. The summed E-state index contributed by atoms with van der Waals surface area (Å²) in [7, 11) is 0. The third-order valence-electron chi connectivity index (χ3n) is 5.28. The Bertz CT molecular complexity index is 882. The molecule has 5 nitrogen and oxygen atoms in total. The third kappa shape index (κ3) is 3.66. The van der Waals surface area contributed by atoms with E-state index in [9.17, 15) is 9.59 Å². The second-order valence-corrected chi connectivity index (χ2v) is 8.37. The predicted octanol–water partition coefficient (Wildman–Crippen LogP) is 4.08. The molecule has 140 valence electrons. The zero-order chi connectivity index (χ0) is 19.1. The van der Waals surface area contributed by atoms with Gasteiger partial charge in [-0.15, -0.1) is 0 Å². The molecule has 0 aliphatic heterocycles. The highest BCUT2D eigenvalue weighted by atomic mass is 35.5. The van der Waals surface area contributed by atoms with Crippen LogP contribution in [0.15, 0.2) is 42.6 Å². The molecule has 1 aromatic carbocycles. The third-order valence-corrected chi connectivity index (χ3v) is 6.02. The average molecular weight is 405 g/mol. The van der Waals surface area contributed by atoms with E-state index in [0.29, 0.717) is 27.9 Å². The zero-order valence-electron chi connectivity index (χ0n) is 14.5. The number of nitrogens with one attached hydrogen (secondary N) is 1. The summed E-state index contributed by atoms with van der Waals surface area (Å²) in [5, 5.41) is 3.91. The Labute approximate surface area is 167 Å². The van der Waals surface area contributed by atoms with Crippen molar-refractivity contribution in [2.24, 2.45) is 5.41 Å². The molecule has 7 heteroatoms. The number of amides is 1. The Balaban J connectivity index is 1.24. The maximum Gasteiger partial charge on any atom is 0.270 e. The van der Waals surface area contributed by atoms with Crippen molar-refractivity contribution in [2.45, 2.75) is 31.2 Å². The van der Waals surface area contributed by atoms with Crippen molar-refractivity contribution in [1.29, 1.82) is 0 Å². The van der Waals surface area contributed by atoms with Crippen molar-refractivity contribution < 1.29 is 14.3 Å². The van der Waals surface area contributed by atoms with Gasteiger partial charge >= 0.3 is 0 Å². The monoisotopic (exact) mass is 404 g/mol. The number of Topliss-reactive ketones (excluding diaryl/α,β-unsaturated/α-hetero) is 1. The van der Waals surface area contributed by atoms with Crippen molar-refractivity contribution >= 4 is 34.9 Å². The molecule has 3 fully saturated rings. The van der Waals surface area contributed by atoms with E-state index in [1.54, 1.807) is 42.6 Å². The molecule has 1 amide bonds. The molecule has 1 aromatic heterocycles. The number of ether oxygens (including phenoxy) is 1. The highest BCUT2D eigenvalue weighted by Crippen LogP contribution is 2.69. The number of halogens is 2. The number of nitrogens with zero attached hydrogens (tertiary/aromatic N) is 1. The molecule has 0 spiro atoms. The summed E-state index contributed by atoms with van der Waals surface area (Å²) in [6, 6.07) is 10.2. The number of pyridine rings is 1. The van der Waals surface area contributed by atoms with Gasteiger partial charge in [0.25, 0.3) is 5.91 Å². The van der Waals surface area contributed by atoms with Crippen LogP contribution in [0.25, 0.3) is 0 Å². The lowest BCUT2D eigenvalue weighted by Gasteiger charge is -2.70. The Hall–Kier alpha value is -2.11. The molecule has 1 heterocycles. The van der Waals surface area contributed by atoms with Crippen molar-refractivity contribution in [2.75, 3.05) is 6.61 Å². The summed E-state index contributed by atoms with van der Waals surface area (Å²) < 4.78 is 5.51. The van der Waals surface area contributed by atoms with E-state index in [2.05, 4.69) is 10.3 Å². The molecular weight excluding hydrogens is 387 g/mol. The minimum atomic E-state index is -0.167. The van der Waals surface area contributed by atoms with Crippen LogP contribution in [-0.4, -0.2) is 28.8 Å². The summed E-state index contributed by atoms with van der Waals surface area (Å²) in [6.07, 6.45) is 4.56. The van der Waals surface area contributed by atoms with E-state index in [1.807, 2.05) is 0 Å². The molecule has 0 saturated heterocycles. The standard InChI is InChI=1S/C20H18Cl2N2O3/c21-15-5-4-14(7-16(15)22)27-9-13(25)8-19-10-20(11-19,12-19)24-18(26)17-3-1-2-6-23-17/h1-7H,8-12H2,(H,24,26). The number of benzene rings is 1. The van der Waals surface area contributed by atoms with Gasteiger partial charge in [0.15, 0.2) is 5.78 Å². The molecule has 2 bridgehead atoms. The van der Waals surface area contributed by atoms with E-state index in [0.717, 1.165) is 19.3 Å². The first-order valence-electron chi connectivity index (χ1n) is 8.72. The molecule has 27 heavy (non-hydrogen) atoms. The number of carbonyl (C=O) groups is 2. The molecule has 3 saturated carbocycles. The molecular formula is C20H18Cl2N2O3.